The molecule has 0 fully saturated rings. The van der Waals surface area contributed by atoms with Crippen LogP contribution in [-0.4, -0.2) is 7.05 Å². The summed E-state index contributed by atoms with van der Waals surface area (Å²) in [7, 11) is 2.07. The molecule has 0 aliphatic heterocycles. The van der Waals surface area contributed by atoms with Crippen LogP contribution in [0.2, 0.25) is 0 Å². The zero-order valence-electron chi connectivity index (χ0n) is 9.30. The van der Waals surface area contributed by atoms with Gasteiger partial charge in [0.15, 0.2) is 0 Å². The van der Waals surface area contributed by atoms with Gasteiger partial charge in [-0.05, 0) is 43.9 Å². The quantitative estimate of drug-likeness (QED) is 0.716. The summed E-state index contributed by atoms with van der Waals surface area (Å²) in [6, 6.07) is 8.82. The summed E-state index contributed by atoms with van der Waals surface area (Å²) in [6.07, 6.45) is 2.52. The molecule has 1 aromatic rings. The Morgan fingerprint density at radius 2 is 2.07 bits per heavy atom. The van der Waals surface area contributed by atoms with Crippen molar-refractivity contribution in [1.29, 1.82) is 0 Å². The molecule has 1 aliphatic carbocycles. The zero-order chi connectivity index (χ0) is 10.2. The number of aryl methyl sites for hydroxylation is 1. The van der Waals surface area contributed by atoms with E-state index in [-0.39, 0.29) is 5.54 Å². The molecular weight excluding hydrogens is 170 g/mol. The number of hydrogen-bond acceptors (Lipinski definition) is 1. The first-order chi connectivity index (χ1) is 6.68. The average molecular weight is 189 g/mol. The van der Waals surface area contributed by atoms with E-state index in [0.29, 0.717) is 5.92 Å². The molecular formula is C13H19N. The van der Waals surface area contributed by atoms with E-state index in [1.807, 2.05) is 0 Å². The van der Waals surface area contributed by atoms with Gasteiger partial charge in [0.25, 0.3) is 0 Å². The predicted octanol–water partition coefficient (Wildman–Crippen LogP) is 2.70. The molecule has 1 nitrogen and oxygen atoms in total. The lowest BCUT2D eigenvalue weighted by molar-refractivity contribution is 0.235. The van der Waals surface area contributed by atoms with Crippen LogP contribution >= 0.6 is 0 Å². The maximum absolute atomic E-state index is 3.49. The van der Waals surface area contributed by atoms with Gasteiger partial charge in [0.2, 0.25) is 0 Å². The smallest absolute Gasteiger partial charge is 0.0432 e. The van der Waals surface area contributed by atoms with E-state index in [4.69, 9.17) is 0 Å². The highest BCUT2D eigenvalue weighted by Crippen LogP contribution is 2.38. The van der Waals surface area contributed by atoms with Crippen LogP contribution in [0.1, 0.15) is 31.4 Å². The van der Waals surface area contributed by atoms with Crippen LogP contribution in [0.4, 0.5) is 0 Å². The minimum atomic E-state index is 0.162. The number of fused-ring (bicyclic) bond motifs is 1. The second-order valence-corrected chi connectivity index (χ2v) is 4.55. The molecule has 0 spiro atoms. The Balaban J connectivity index is 2.52. The highest BCUT2D eigenvalue weighted by atomic mass is 14.9. The van der Waals surface area contributed by atoms with Gasteiger partial charge in [-0.15, -0.1) is 0 Å². The molecule has 1 aliphatic rings. The number of rotatable bonds is 1. The fourth-order valence-electron chi connectivity index (χ4n) is 2.55. The molecule has 1 aromatic carbocycles. The van der Waals surface area contributed by atoms with Gasteiger partial charge in [-0.2, -0.15) is 0 Å². The first kappa shape index (κ1) is 9.72. The molecule has 0 saturated heterocycles. The van der Waals surface area contributed by atoms with Gasteiger partial charge in [0, 0.05) is 5.54 Å². The largest absolute Gasteiger partial charge is 0.310 e. The van der Waals surface area contributed by atoms with Crippen molar-refractivity contribution >= 4 is 0 Å². The lowest BCUT2D eigenvalue weighted by atomic mass is 9.71. The molecule has 0 radical (unpaired) electrons. The summed E-state index contributed by atoms with van der Waals surface area (Å²) in [4.78, 5) is 0. The Kier molecular flexibility index (Phi) is 2.36. The van der Waals surface area contributed by atoms with Gasteiger partial charge < -0.3 is 5.32 Å². The Morgan fingerprint density at radius 3 is 2.79 bits per heavy atom. The van der Waals surface area contributed by atoms with Gasteiger partial charge in [-0.1, -0.05) is 31.2 Å². The van der Waals surface area contributed by atoms with Crippen molar-refractivity contribution in [2.45, 2.75) is 32.2 Å². The highest BCUT2D eigenvalue weighted by molar-refractivity contribution is 5.36. The van der Waals surface area contributed by atoms with E-state index in [9.17, 15) is 0 Å². The monoisotopic (exact) mass is 189 g/mol. The summed E-state index contributed by atoms with van der Waals surface area (Å²) in [5, 5.41) is 3.49. The van der Waals surface area contributed by atoms with Gasteiger partial charge >= 0.3 is 0 Å². The highest BCUT2D eigenvalue weighted by Gasteiger charge is 2.35. The molecule has 2 unspecified atom stereocenters. The van der Waals surface area contributed by atoms with Gasteiger partial charge in [0.1, 0.15) is 0 Å². The molecule has 0 aromatic heterocycles. The van der Waals surface area contributed by atoms with E-state index in [0.717, 1.165) is 0 Å². The number of benzene rings is 1. The van der Waals surface area contributed by atoms with Crippen LogP contribution in [0.25, 0.3) is 0 Å². The van der Waals surface area contributed by atoms with Crippen molar-refractivity contribution in [3.8, 4) is 0 Å². The van der Waals surface area contributed by atoms with E-state index in [1.165, 1.54) is 24.0 Å². The first-order valence-electron chi connectivity index (χ1n) is 5.46. The number of hydrogen-bond donors (Lipinski definition) is 1. The predicted molar refractivity (Wildman–Crippen MR) is 60.3 cm³/mol. The minimum Gasteiger partial charge on any atom is -0.310 e. The third-order valence-corrected chi connectivity index (χ3v) is 3.93. The fraction of sp³-hybridized carbons (Fsp3) is 0.538. The summed E-state index contributed by atoms with van der Waals surface area (Å²) in [6.45, 7) is 4.65. The van der Waals surface area contributed by atoms with Gasteiger partial charge in [-0.25, -0.2) is 0 Å². The SMILES string of the molecule is CNC1(C)c2ccccc2CCC1C. The third-order valence-electron chi connectivity index (χ3n) is 3.93. The molecule has 0 saturated carbocycles. The maximum atomic E-state index is 3.49. The summed E-state index contributed by atoms with van der Waals surface area (Å²) in [5.41, 5.74) is 3.16. The van der Waals surface area contributed by atoms with Crippen LogP contribution in [0.15, 0.2) is 24.3 Å². The molecule has 1 N–H and O–H groups in total. The minimum absolute atomic E-state index is 0.162. The lowest BCUT2D eigenvalue weighted by Crippen LogP contribution is -2.45. The van der Waals surface area contributed by atoms with Crippen molar-refractivity contribution in [3.63, 3.8) is 0 Å². The molecule has 0 amide bonds. The third kappa shape index (κ3) is 1.27. The van der Waals surface area contributed by atoms with Crippen LogP contribution < -0.4 is 5.32 Å². The van der Waals surface area contributed by atoms with E-state index < -0.39 is 0 Å². The molecule has 14 heavy (non-hydrogen) atoms. The summed E-state index contributed by atoms with van der Waals surface area (Å²) >= 11 is 0. The van der Waals surface area contributed by atoms with Gasteiger partial charge in [0.05, 0.1) is 0 Å². The average Bonchev–Trinajstić information content (AvgIpc) is 2.24. The Bertz CT molecular complexity index is 332. The standard InChI is InChI=1S/C13H19N/c1-10-8-9-11-6-4-5-7-12(11)13(10,2)14-3/h4-7,10,14H,8-9H2,1-3H3. The van der Waals surface area contributed by atoms with E-state index in [1.54, 1.807) is 0 Å². The topological polar surface area (TPSA) is 12.0 Å². The van der Waals surface area contributed by atoms with Crippen molar-refractivity contribution in [2.24, 2.45) is 5.92 Å². The Morgan fingerprint density at radius 1 is 1.36 bits per heavy atom. The van der Waals surface area contributed by atoms with E-state index >= 15 is 0 Å². The Hall–Kier alpha value is -0.820. The van der Waals surface area contributed by atoms with Crippen molar-refractivity contribution in [2.75, 3.05) is 7.05 Å². The molecule has 0 heterocycles. The van der Waals surface area contributed by atoms with Gasteiger partial charge in [-0.3, -0.25) is 0 Å². The zero-order valence-corrected chi connectivity index (χ0v) is 9.30. The molecule has 1 heteroatoms. The summed E-state index contributed by atoms with van der Waals surface area (Å²) < 4.78 is 0. The molecule has 0 bridgehead atoms. The normalized spacial score (nSPS) is 31.2. The Labute approximate surface area is 86.5 Å². The number of nitrogens with one attached hydrogen (secondary N) is 1. The van der Waals surface area contributed by atoms with E-state index in [2.05, 4.69) is 50.5 Å². The van der Waals surface area contributed by atoms with Crippen molar-refractivity contribution in [1.82, 2.24) is 5.32 Å². The lowest BCUT2D eigenvalue weighted by Gasteiger charge is -2.41. The second kappa shape index (κ2) is 3.39. The van der Waals surface area contributed by atoms with Crippen LogP contribution in [0.3, 0.4) is 0 Å². The van der Waals surface area contributed by atoms with Crippen molar-refractivity contribution in [3.05, 3.63) is 35.4 Å². The van der Waals surface area contributed by atoms with Crippen LogP contribution in [0, 0.1) is 5.92 Å². The molecule has 2 rings (SSSR count). The van der Waals surface area contributed by atoms with Crippen LogP contribution in [0.5, 0.6) is 0 Å². The first-order valence-corrected chi connectivity index (χ1v) is 5.46. The molecule has 2 atom stereocenters. The van der Waals surface area contributed by atoms with Crippen LogP contribution in [-0.2, 0) is 12.0 Å². The summed E-state index contributed by atoms with van der Waals surface area (Å²) in [5.74, 6) is 0.711. The maximum Gasteiger partial charge on any atom is 0.0432 e. The second-order valence-electron chi connectivity index (χ2n) is 4.55. The molecule has 76 valence electrons. The van der Waals surface area contributed by atoms with Crippen molar-refractivity contribution < 1.29 is 0 Å². The fourth-order valence-corrected chi connectivity index (χ4v) is 2.55.